The minimum absolute atomic E-state index is 0.0251. The second kappa shape index (κ2) is 7.94. The first-order valence-corrected chi connectivity index (χ1v) is 7.70. The third-order valence-corrected chi connectivity index (χ3v) is 4.08. The van der Waals surface area contributed by atoms with Gasteiger partial charge in [-0.15, -0.1) is 0 Å². The molecule has 2 unspecified atom stereocenters. The summed E-state index contributed by atoms with van der Waals surface area (Å²) in [4.78, 5) is 23.7. The number of rotatable bonds is 6. The molecular weight excluding hydrogens is 280 g/mol. The summed E-state index contributed by atoms with van der Waals surface area (Å²) in [5.41, 5.74) is 0.637. The summed E-state index contributed by atoms with van der Waals surface area (Å²) in [6, 6.07) is 7.36. The number of aliphatic hydroxyl groups is 1. The van der Waals surface area contributed by atoms with Gasteiger partial charge in [0.25, 0.3) is 0 Å². The summed E-state index contributed by atoms with van der Waals surface area (Å²) in [5.74, 6) is -1.45. The van der Waals surface area contributed by atoms with Crippen LogP contribution in [0.1, 0.15) is 39.7 Å². The maximum atomic E-state index is 11.9. The van der Waals surface area contributed by atoms with Gasteiger partial charge in [0.05, 0.1) is 5.60 Å². The van der Waals surface area contributed by atoms with Gasteiger partial charge in [-0.2, -0.15) is 0 Å². The van der Waals surface area contributed by atoms with Crippen molar-refractivity contribution in [2.45, 2.75) is 46.1 Å². The van der Waals surface area contributed by atoms with Crippen molar-refractivity contribution >= 4 is 17.5 Å². The first-order valence-electron chi connectivity index (χ1n) is 7.70. The summed E-state index contributed by atoms with van der Waals surface area (Å²) < 4.78 is 0. The zero-order chi connectivity index (χ0) is 16.8. The fourth-order valence-corrected chi connectivity index (χ4v) is 2.01. The minimum atomic E-state index is -1.03. The summed E-state index contributed by atoms with van der Waals surface area (Å²) in [6.45, 7) is 7.59. The maximum Gasteiger partial charge on any atom is 0.313 e. The standard InChI is InChI=1S/C17H26N2O3/c1-5-12(3)17(4,22)11-18-15(20)16(21)19-14-9-7-8-13(6-2)10-14/h7-10,12,22H,5-6,11H2,1-4H3,(H,18,20)(H,19,21). The number of amides is 2. The van der Waals surface area contributed by atoms with Gasteiger partial charge < -0.3 is 15.7 Å². The molecule has 0 aromatic heterocycles. The Morgan fingerprint density at radius 2 is 1.95 bits per heavy atom. The quantitative estimate of drug-likeness (QED) is 0.704. The largest absolute Gasteiger partial charge is 0.388 e. The van der Waals surface area contributed by atoms with Crippen LogP contribution in [-0.2, 0) is 16.0 Å². The van der Waals surface area contributed by atoms with E-state index in [1.165, 1.54) is 0 Å². The zero-order valence-corrected chi connectivity index (χ0v) is 13.8. The van der Waals surface area contributed by atoms with E-state index in [0.717, 1.165) is 18.4 Å². The van der Waals surface area contributed by atoms with E-state index in [2.05, 4.69) is 10.6 Å². The van der Waals surface area contributed by atoms with Crippen molar-refractivity contribution in [3.05, 3.63) is 29.8 Å². The molecule has 0 heterocycles. The van der Waals surface area contributed by atoms with Crippen molar-refractivity contribution in [2.75, 3.05) is 11.9 Å². The van der Waals surface area contributed by atoms with Gasteiger partial charge in [0.1, 0.15) is 0 Å². The first kappa shape index (κ1) is 18.2. The van der Waals surface area contributed by atoms with Gasteiger partial charge in [0.15, 0.2) is 0 Å². The number of anilines is 1. The van der Waals surface area contributed by atoms with Gasteiger partial charge in [0.2, 0.25) is 0 Å². The van der Waals surface area contributed by atoms with Crippen molar-refractivity contribution in [3.8, 4) is 0 Å². The van der Waals surface area contributed by atoms with Gasteiger partial charge >= 0.3 is 11.8 Å². The molecule has 5 nitrogen and oxygen atoms in total. The molecule has 122 valence electrons. The Morgan fingerprint density at radius 1 is 1.27 bits per heavy atom. The van der Waals surface area contributed by atoms with E-state index in [-0.39, 0.29) is 12.5 Å². The van der Waals surface area contributed by atoms with Crippen LogP contribution in [0.2, 0.25) is 0 Å². The van der Waals surface area contributed by atoms with Crippen molar-refractivity contribution in [1.29, 1.82) is 0 Å². The highest BCUT2D eigenvalue weighted by Crippen LogP contribution is 2.18. The normalized spacial score (nSPS) is 14.8. The van der Waals surface area contributed by atoms with E-state index in [0.29, 0.717) is 5.69 Å². The number of aryl methyl sites for hydroxylation is 1. The number of carbonyl (C=O) groups is 2. The summed E-state index contributed by atoms with van der Waals surface area (Å²) >= 11 is 0. The average molecular weight is 306 g/mol. The lowest BCUT2D eigenvalue weighted by atomic mass is 9.89. The molecule has 0 saturated carbocycles. The molecule has 0 saturated heterocycles. The molecule has 3 N–H and O–H groups in total. The molecule has 0 radical (unpaired) electrons. The van der Waals surface area contributed by atoms with E-state index in [1.807, 2.05) is 39.0 Å². The second-order valence-electron chi connectivity index (χ2n) is 5.86. The van der Waals surface area contributed by atoms with Crippen molar-refractivity contribution < 1.29 is 14.7 Å². The lowest BCUT2D eigenvalue weighted by Crippen LogP contribution is -2.47. The predicted molar refractivity (Wildman–Crippen MR) is 87.5 cm³/mol. The van der Waals surface area contributed by atoms with Crippen LogP contribution in [0.25, 0.3) is 0 Å². The molecule has 1 rings (SSSR count). The molecule has 0 aliphatic carbocycles. The lowest BCUT2D eigenvalue weighted by Gasteiger charge is -2.29. The Bertz CT molecular complexity index is 526. The van der Waals surface area contributed by atoms with Crippen LogP contribution in [0.15, 0.2) is 24.3 Å². The topological polar surface area (TPSA) is 78.4 Å². The molecule has 2 atom stereocenters. The predicted octanol–water partition coefficient (Wildman–Crippen LogP) is 2.10. The molecule has 22 heavy (non-hydrogen) atoms. The number of hydrogen-bond acceptors (Lipinski definition) is 3. The van der Waals surface area contributed by atoms with E-state index in [9.17, 15) is 14.7 Å². The molecule has 0 bridgehead atoms. The van der Waals surface area contributed by atoms with Gasteiger partial charge in [-0.3, -0.25) is 9.59 Å². The smallest absolute Gasteiger partial charge is 0.313 e. The van der Waals surface area contributed by atoms with Crippen LogP contribution < -0.4 is 10.6 Å². The minimum Gasteiger partial charge on any atom is -0.388 e. The Morgan fingerprint density at radius 3 is 2.55 bits per heavy atom. The Labute approximate surface area is 132 Å². The highest BCUT2D eigenvalue weighted by atomic mass is 16.3. The van der Waals surface area contributed by atoms with Crippen LogP contribution in [0.4, 0.5) is 5.69 Å². The molecule has 1 aromatic carbocycles. The molecule has 0 spiro atoms. The molecule has 1 aromatic rings. The van der Waals surface area contributed by atoms with Gasteiger partial charge in [-0.05, 0) is 37.0 Å². The van der Waals surface area contributed by atoms with Gasteiger partial charge in [-0.25, -0.2) is 0 Å². The Balaban J connectivity index is 2.57. The van der Waals surface area contributed by atoms with Crippen molar-refractivity contribution in [1.82, 2.24) is 5.32 Å². The van der Waals surface area contributed by atoms with Crippen LogP contribution in [0, 0.1) is 5.92 Å². The van der Waals surface area contributed by atoms with Crippen molar-refractivity contribution in [3.63, 3.8) is 0 Å². The molecule has 5 heteroatoms. The van der Waals surface area contributed by atoms with Gasteiger partial charge in [0, 0.05) is 12.2 Å². The fraction of sp³-hybridized carbons (Fsp3) is 0.529. The monoisotopic (exact) mass is 306 g/mol. The Hall–Kier alpha value is -1.88. The van der Waals surface area contributed by atoms with Crippen LogP contribution >= 0.6 is 0 Å². The van der Waals surface area contributed by atoms with Gasteiger partial charge in [-0.1, -0.05) is 39.3 Å². The van der Waals surface area contributed by atoms with E-state index in [4.69, 9.17) is 0 Å². The molecule has 2 amide bonds. The van der Waals surface area contributed by atoms with Crippen molar-refractivity contribution in [2.24, 2.45) is 5.92 Å². The second-order valence-corrected chi connectivity index (χ2v) is 5.86. The molecule has 0 fully saturated rings. The number of benzene rings is 1. The maximum absolute atomic E-state index is 11.9. The van der Waals surface area contributed by atoms with E-state index >= 15 is 0 Å². The average Bonchev–Trinajstić information content (AvgIpc) is 2.51. The summed E-state index contributed by atoms with van der Waals surface area (Å²) in [6.07, 6.45) is 1.65. The van der Waals surface area contributed by atoms with E-state index < -0.39 is 17.4 Å². The SMILES string of the molecule is CCc1cccc(NC(=O)C(=O)NCC(C)(O)C(C)CC)c1. The Kier molecular flexibility index (Phi) is 6.56. The zero-order valence-electron chi connectivity index (χ0n) is 13.8. The highest BCUT2D eigenvalue weighted by molar-refractivity contribution is 6.39. The van der Waals surface area contributed by atoms with Crippen LogP contribution in [0.5, 0.6) is 0 Å². The summed E-state index contributed by atoms with van der Waals surface area (Å²) in [7, 11) is 0. The third kappa shape index (κ3) is 5.15. The highest BCUT2D eigenvalue weighted by Gasteiger charge is 2.28. The van der Waals surface area contributed by atoms with Crippen LogP contribution in [-0.4, -0.2) is 29.1 Å². The number of carbonyl (C=O) groups excluding carboxylic acids is 2. The summed E-state index contributed by atoms with van der Waals surface area (Å²) in [5, 5.41) is 15.3. The lowest BCUT2D eigenvalue weighted by molar-refractivity contribution is -0.137. The number of nitrogens with one attached hydrogen (secondary N) is 2. The fourth-order valence-electron chi connectivity index (χ4n) is 2.01. The molecule has 0 aliphatic rings. The molecular formula is C17H26N2O3. The molecule has 0 aliphatic heterocycles. The third-order valence-electron chi connectivity index (χ3n) is 4.08. The van der Waals surface area contributed by atoms with Crippen LogP contribution in [0.3, 0.4) is 0 Å². The first-order chi connectivity index (χ1) is 10.3. The number of hydrogen-bond donors (Lipinski definition) is 3. The van der Waals surface area contributed by atoms with E-state index in [1.54, 1.807) is 13.0 Å².